The highest BCUT2D eigenvalue weighted by atomic mass is 19.1. The number of nitrogens with one attached hydrogen (secondary N) is 1. The third kappa shape index (κ3) is 1.99. The Bertz CT molecular complexity index is 413. The first-order valence-electron chi connectivity index (χ1n) is 4.88. The number of halogens is 1. The van der Waals surface area contributed by atoms with Crippen molar-refractivity contribution in [3.8, 4) is 0 Å². The maximum atomic E-state index is 12.9. The van der Waals surface area contributed by atoms with Gasteiger partial charge in [0.2, 0.25) is 5.91 Å². The number of anilines is 1. The van der Waals surface area contributed by atoms with E-state index in [1.165, 1.54) is 12.1 Å². The van der Waals surface area contributed by atoms with E-state index < -0.39 is 5.54 Å². The molecule has 15 heavy (non-hydrogen) atoms. The van der Waals surface area contributed by atoms with Gasteiger partial charge in [-0.25, -0.2) is 4.39 Å². The van der Waals surface area contributed by atoms with Gasteiger partial charge in [0.05, 0.1) is 5.54 Å². The lowest BCUT2D eigenvalue weighted by Gasteiger charge is -2.12. The zero-order chi connectivity index (χ0) is 11.1. The normalized spacial score (nSPS) is 17.3. The van der Waals surface area contributed by atoms with E-state index in [2.05, 4.69) is 5.32 Å². The number of amides is 1. The zero-order valence-electron chi connectivity index (χ0n) is 8.51. The molecule has 0 aromatic heterocycles. The zero-order valence-corrected chi connectivity index (χ0v) is 8.51. The summed E-state index contributed by atoms with van der Waals surface area (Å²) >= 11 is 0. The lowest BCUT2D eigenvalue weighted by atomic mass is 10.2. The number of hydrogen-bond acceptors (Lipinski definition) is 2. The quantitative estimate of drug-likeness (QED) is 0.775. The van der Waals surface area contributed by atoms with Crippen molar-refractivity contribution in [2.24, 2.45) is 5.73 Å². The van der Waals surface area contributed by atoms with E-state index in [1.807, 2.05) is 6.92 Å². The standard InChI is InChI=1S/C11H13FN2O/c1-7-2-3-8(12)6-9(7)14-10(15)11(13)4-5-11/h2-3,6H,4-5,13H2,1H3,(H,14,15). The maximum absolute atomic E-state index is 12.9. The molecule has 2 rings (SSSR count). The second-order valence-electron chi connectivity index (χ2n) is 4.07. The van der Waals surface area contributed by atoms with Crippen LogP contribution >= 0.6 is 0 Å². The molecular weight excluding hydrogens is 195 g/mol. The molecule has 0 saturated heterocycles. The van der Waals surface area contributed by atoms with E-state index in [4.69, 9.17) is 5.73 Å². The summed E-state index contributed by atoms with van der Waals surface area (Å²) in [5.74, 6) is -0.589. The third-order valence-corrected chi connectivity index (χ3v) is 2.69. The minimum atomic E-state index is -0.723. The van der Waals surface area contributed by atoms with Crippen LogP contribution in [0.1, 0.15) is 18.4 Å². The van der Waals surface area contributed by atoms with Gasteiger partial charge < -0.3 is 11.1 Å². The lowest BCUT2D eigenvalue weighted by molar-refractivity contribution is -0.118. The van der Waals surface area contributed by atoms with Crippen LogP contribution in [0.3, 0.4) is 0 Å². The molecule has 1 aliphatic carbocycles. The van der Waals surface area contributed by atoms with Crippen LogP contribution in [0.25, 0.3) is 0 Å². The number of aryl methyl sites for hydroxylation is 1. The summed E-state index contributed by atoms with van der Waals surface area (Å²) in [4.78, 5) is 11.6. The Morgan fingerprint density at radius 1 is 1.53 bits per heavy atom. The fraction of sp³-hybridized carbons (Fsp3) is 0.364. The predicted molar refractivity (Wildman–Crippen MR) is 55.9 cm³/mol. The van der Waals surface area contributed by atoms with Gasteiger partial charge in [-0.1, -0.05) is 6.07 Å². The van der Waals surface area contributed by atoms with Gasteiger partial charge in [-0.2, -0.15) is 0 Å². The summed E-state index contributed by atoms with van der Waals surface area (Å²) in [6.45, 7) is 1.81. The molecule has 80 valence electrons. The van der Waals surface area contributed by atoms with Gasteiger partial charge in [-0.15, -0.1) is 0 Å². The molecule has 0 radical (unpaired) electrons. The molecule has 1 fully saturated rings. The number of nitrogens with two attached hydrogens (primary N) is 1. The SMILES string of the molecule is Cc1ccc(F)cc1NC(=O)C1(N)CC1. The molecule has 0 atom stereocenters. The van der Waals surface area contributed by atoms with Crippen molar-refractivity contribution in [1.29, 1.82) is 0 Å². The Labute approximate surface area is 87.5 Å². The van der Waals surface area contributed by atoms with Crippen LogP contribution in [0.4, 0.5) is 10.1 Å². The Hall–Kier alpha value is -1.42. The van der Waals surface area contributed by atoms with Crippen molar-refractivity contribution >= 4 is 11.6 Å². The van der Waals surface area contributed by atoms with Crippen LogP contribution in [-0.2, 0) is 4.79 Å². The van der Waals surface area contributed by atoms with E-state index in [0.717, 1.165) is 5.56 Å². The summed E-state index contributed by atoms with van der Waals surface area (Å²) in [5.41, 5.74) is 6.32. The molecule has 0 aliphatic heterocycles. The Morgan fingerprint density at radius 3 is 2.80 bits per heavy atom. The smallest absolute Gasteiger partial charge is 0.244 e. The van der Waals surface area contributed by atoms with Gasteiger partial charge in [0.1, 0.15) is 5.82 Å². The van der Waals surface area contributed by atoms with Gasteiger partial charge in [-0.05, 0) is 37.5 Å². The average Bonchev–Trinajstić information content (AvgIpc) is 2.91. The van der Waals surface area contributed by atoms with Crippen molar-refractivity contribution in [3.63, 3.8) is 0 Å². The molecule has 1 aliphatic rings. The molecule has 1 saturated carbocycles. The first-order chi connectivity index (χ1) is 7.01. The summed E-state index contributed by atoms with van der Waals surface area (Å²) in [5, 5.41) is 2.65. The summed E-state index contributed by atoms with van der Waals surface area (Å²) in [6, 6.07) is 4.29. The minimum Gasteiger partial charge on any atom is -0.324 e. The van der Waals surface area contributed by atoms with E-state index in [9.17, 15) is 9.18 Å². The number of carbonyl (C=O) groups is 1. The second-order valence-corrected chi connectivity index (χ2v) is 4.07. The van der Waals surface area contributed by atoms with E-state index >= 15 is 0 Å². The highest BCUT2D eigenvalue weighted by Crippen LogP contribution is 2.33. The summed E-state index contributed by atoms with van der Waals surface area (Å²) < 4.78 is 12.9. The summed E-state index contributed by atoms with van der Waals surface area (Å²) in [7, 11) is 0. The predicted octanol–water partition coefficient (Wildman–Crippen LogP) is 1.56. The van der Waals surface area contributed by atoms with Gasteiger partial charge in [0.15, 0.2) is 0 Å². The van der Waals surface area contributed by atoms with Crippen molar-refractivity contribution < 1.29 is 9.18 Å². The third-order valence-electron chi connectivity index (χ3n) is 2.69. The van der Waals surface area contributed by atoms with E-state index in [1.54, 1.807) is 6.07 Å². The fourth-order valence-corrected chi connectivity index (χ4v) is 1.34. The van der Waals surface area contributed by atoms with Crippen LogP contribution in [0.2, 0.25) is 0 Å². The monoisotopic (exact) mass is 208 g/mol. The molecule has 0 bridgehead atoms. The topological polar surface area (TPSA) is 55.1 Å². The number of carbonyl (C=O) groups excluding carboxylic acids is 1. The van der Waals surface area contributed by atoms with Crippen molar-refractivity contribution in [2.75, 3.05) is 5.32 Å². The molecule has 0 unspecified atom stereocenters. The van der Waals surface area contributed by atoms with Crippen LogP contribution in [0, 0.1) is 12.7 Å². The second kappa shape index (κ2) is 3.31. The molecule has 1 aromatic carbocycles. The van der Waals surface area contributed by atoms with Gasteiger partial charge in [0, 0.05) is 5.69 Å². The average molecular weight is 208 g/mol. The van der Waals surface area contributed by atoms with Gasteiger partial charge in [-0.3, -0.25) is 4.79 Å². The van der Waals surface area contributed by atoms with E-state index in [0.29, 0.717) is 18.5 Å². The Morgan fingerprint density at radius 2 is 2.20 bits per heavy atom. The largest absolute Gasteiger partial charge is 0.324 e. The molecule has 1 amide bonds. The molecule has 4 heteroatoms. The van der Waals surface area contributed by atoms with Crippen LogP contribution in [-0.4, -0.2) is 11.4 Å². The minimum absolute atomic E-state index is 0.226. The Balaban J connectivity index is 2.16. The van der Waals surface area contributed by atoms with Crippen LogP contribution in [0.5, 0.6) is 0 Å². The van der Waals surface area contributed by atoms with E-state index in [-0.39, 0.29) is 11.7 Å². The first kappa shape index (κ1) is 10.1. The van der Waals surface area contributed by atoms with Gasteiger partial charge in [0.25, 0.3) is 0 Å². The van der Waals surface area contributed by atoms with Crippen LogP contribution in [0.15, 0.2) is 18.2 Å². The van der Waals surface area contributed by atoms with Crippen molar-refractivity contribution in [2.45, 2.75) is 25.3 Å². The highest BCUT2D eigenvalue weighted by Gasteiger charge is 2.46. The first-order valence-corrected chi connectivity index (χ1v) is 4.88. The maximum Gasteiger partial charge on any atom is 0.244 e. The molecule has 3 N–H and O–H groups in total. The Kier molecular flexibility index (Phi) is 2.23. The lowest BCUT2D eigenvalue weighted by Crippen LogP contribution is -2.38. The molecule has 0 heterocycles. The number of hydrogen-bond donors (Lipinski definition) is 2. The number of benzene rings is 1. The fourth-order valence-electron chi connectivity index (χ4n) is 1.34. The van der Waals surface area contributed by atoms with Crippen molar-refractivity contribution in [3.05, 3.63) is 29.6 Å². The van der Waals surface area contributed by atoms with Crippen LogP contribution < -0.4 is 11.1 Å². The number of rotatable bonds is 2. The molecular formula is C11H13FN2O. The summed E-state index contributed by atoms with van der Waals surface area (Å²) in [6.07, 6.45) is 1.40. The highest BCUT2D eigenvalue weighted by molar-refractivity contribution is 6.00. The molecule has 1 aromatic rings. The molecule has 3 nitrogen and oxygen atoms in total. The molecule has 0 spiro atoms. The van der Waals surface area contributed by atoms with Crippen molar-refractivity contribution in [1.82, 2.24) is 0 Å². The van der Waals surface area contributed by atoms with Gasteiger partial charge >= 0.3 is 0 Å².